The SMILES string of the molecule is CCCCOCCOCCOCCNCC(O)C(C)C. The van der Waals surface area contributed by atoms with Gasteiger partial charge in [0.15, 0.2) is 0 Å². The van der Waals surface area contributed by atoms with Crippen LogP contribution in [0.2, 0.25) is 0 Å². The van der Waals surface area contributed by atoms with Crippen molar-refractivity contribution in [2.45, 2.75) is 39.7 Å². The Hall–Kier alpha value is -0.200. The van der Waals surface area contributed by atoms with Crippen LogP contribution in [0.1, 0.15) is 33.6 Å². The van der Waals surface area contributed by atoms with Crippen LogP contribution in [-0.4, -0.2) is 63.9 Å². The normalized spacial score (nSPS) is 13.1. The first-order chi connectivity index (χ1) is 9.68. The zero-order valence-corrected chi connectivity index (χ0v) is 13.4. The van der Waals surface area contributed by atoms with E-state index in [4.69, 9.17) is 14.2 Å². The molecule has 0 aromatic carbocycles. The predicted octanol–water partition coefficient (Wildman–Crippen LogP) is 1.44. The molecule has 122 valence electrons. The van der Waals surface area contributed by atoms with E-state index in [9.17, 15) is 5.11 Å². The molecule has 20 heavy (non-hydrogen) atoms. The van der Waals surface area contributed by atoms with Gasteiger partial charge in [-0.15, -0.1) is 0 Å². The van der Waals surface area contributed by atoms with Crippen LogP contribution in [0.5, 0.6) is 0 Å². The van der Waals surface area contributed by atoms with Crippen LogP contribution in [0.3, 0.4) is 0 Å². The van der Waals surface area contributed by atoms with Crippen molar-refractivity contribution in [1.29, 1.82) is 0 Å². The van der Waals surface area contributed by atoms with Gasteiger partial charge in [0.2, 0.25) is 0 Å². The van der Waals surface area contributed by atoms with Gasteiger partial charge < -0.3 is 24.6 Å². The second-order valence-electron chi connectivity index (χ2n) is 5.21. The number of ether oxygens (including phenoxy) is 3. The van der Waals surface area contributed by atoms with Crippen LogP contribution in [-0.2, 0) is 14.2 Å². The molecule has 0 bridgehead atoms. The first kappa shape index (κ1) is 19.8. The van der Waals surface area contributed by atoms with Gasteiger partial charge in [0.05, 0.1) is 39.1 Å². The highest BCUT2D eigenvalue weighted by molar-refractivity contribution is 4.62. The quantitative estimate of drug-likeness (QED) is 0.447. The van der Waals surface area contributed by atoms with Gasteiger partial charge in [-0.05, 0) is 12.3 Å². The third-order valence-corrected chi connectivity index (χ3v) is 2.93. The van der Waals surface area contributed by atoms with Crippen molar-refractivity contribution in [1.82, 2.24) is 5.32 Å². The number of hydrogen-bond acceptors (Lipinski definition) is 5. The average Bonchev–Trinajstić information content (AvgIpc) is 2.43. The van der Waals surface area contributed by atoms with Gasteiger partial charge in [-0.1, -0.05) is 27.2 Å². The lowest BCUT2D eigenvalue weighted by molar-refractivity contribution is 0.0142. The van der Waals surface area contributed by atoms with Crippen LogP contribution < -0.4 is 5.32 Å². The van der Waals surface area contributed by atoms with Gasteiger partial charge in [0.25, 0.3) is 0 Å². The van der Waals surface area contributed by atoms with Crippen molar-refractivity contribution in [3.8, 4) is 0 Å². The monoisotopic (exact) mass is 291 g/mol. The highest BCUT2D eigenvalue weighted by Gasteiger charge is 2.07. The maximum atomic E-state index is 9.57. The first-order valence-corrected chi connectivity index (χ1v) is 7.80. The topological polar surface area (TPSA) is 60.0 Å². The number of rotatable bonds is 15. The second kappa shape index (κ2) is 15.2. The van der Waals surface area contributed by atoms with Crippen molar-refractivity contribution in [2.75, 3.05) is 52.7 Å². The summed E-state index contributed by atoms with van der Waals surface area (Å²) in [6.45, 7) is 11.5. The molecule has 0 saturated carbocycles. The molecule has 5 heteroatoms. The predicted molar refractivity (Wildman–Crippen MR) is 81.1 cm³/mol. The molecule has 5 nitrogen and oxygen atoms in total. The van der Waals surface area contributed by atoms with Crippen molar-refractivity contribution in [2.24, 2.45) is 5.92 Å². The van der Waals surface area contributed by atoms with Crippen molar-refractivity contribution in [3.63, 3.8) is 0 Å². The largest absolute Gasteiger partial charge is 0.392 e. The van der Waals surface area contributed by atoms with E-state index in [-0.39, 0.29) is 12.0 Å². The molecule has 1 unspecified atom stereocenters. The average molecular weight is 291 g/mol. The van der Waals surface area contributed by atoms with Crippen molar-refractivity contribution >= 4 is 0 Å². The number of aliphatic hydroxyl groups excluding tert-OH is 1. The van der Waals surface area contributed by atoms with E-state index in [1.807, 2.05) is 13.8 Å². The Morgan fingerprint density at radius 3 is 2.00 bits per heavy atom. The number of hydrogen-bond donors (Lipinski definition) is 2. The third-order valence-electron chi connectivity index (χ3n) is 2.93. The molecule has 0 aliphatic heterocycles. The molecule has 0 fully saturated rings. The number of nitrogens with one attached hydrogen (secondary N) is 1. The Kier molecular flexibility index (Phi) is 15.0. The molecule has 0 spiro atoms. The zero-order valence-electron chi connectivity index (χ0n) is 13.4. The van der Waals surface area contributed by atoms with Gasteiger partial charge in [-0.25, -0.2) is 0 Å². The molecule has 0 aliphatic rings. The Morgan fingerprint density at radius 2 is 1.45 bits per heavy atom. The minimum absolute atomic E-state index is 0.286. The molecule has 0 saturated heterocycles. The summed E-state index contributed by atoms with van der Waals surface area (Å²) < 4.78 is 16.2. The molecule has 0 radical (unpaired) electrons. The second-order valence-corrected chi connectivity index (χ2v) is 5.21. The lowest BCUT2D eigenvalue weighted by atomic mass is 10.1. The molecule has 0 aromatic heterocycles. The van der Waals surface area contributed by atoms with Gasteiger partial charge in [-0.2, -0.15) is 0 Å². The van der Waals surface area contributed by atoms with Gasteiger partial charge in [0, 0.05) is 19.7 Å². The van der Waals surface area contributed by atoms with Crippen LogP contribution >= 0.6 is 0 Å². The molecular formula is C15H33NO4. The Labute approximate surface area is 124 Å². The van der Waals surface area contributed by atoms with Crippen LogP contribution in [0.4, 0.5) is 0 Å². The molecule has 0 aliphatic carbocycles. The van der Waals surface area contributed by atoms with E-state index >= 15 is 0 Å². The molecule has 0 heterocycles. The van der Waals surface area contributed by atoms with E-state index in [0.717, 1.165) is 26.0 Å². The minimum atomic E-state index is -0.286. The van der Waals surface area contributed by atoms with Gasteiger partial charge in [0.1, 0.15) is 0 Å². The summed E-state index contributed by atoms with van der Waals surface area (Å²) in [5.74, 6) is 0.288. The molecular weight excluding hydrogens is 258 g/mol. The van der Waals surface area contributed by atoms with E-state index in [0.29, 0.717) is 39.6 Å². The van der Waals surface area contributed by atoms with E-state index in [2.05, 4.69) is 12.2 Å². The third kappa shape index (κ3) is 14.2. The van der Waals surface area contributed by atoms with E-state index < -0.39 is 0 Å². The highest BCUT2D eigenvalue weighted by atomic mass is 16.5. The Morgan fingerprint density at radius 1 is 0.900 bits per heavy atom. The summed E-state index contributed by atoms with van der Waals surface area (Å²) in [4.78, 5) is 0. The van der Waals surface area contributed by atoms with E-state index in [1.165, 1.54) is 0 Å². The Bertz CT molecular complexity index is 191. The first-order valence-electron chi connectivity index (χ1n) is 7.80. The Balaban J connectivity index is 3.03. The fourth-order valence-electron chi connectivity index (χ4n) is 1.42. The molecule has 0 aromatic rings. The van der Waals surface area contributed by atoms with Crippen molar-refractivity contribution in [3.05, 3.63) is 0 Å². The summed E-state index contributed by atoms with van der Waals surface area (Å²) in [6, 6.07) is 0. The van der Waals surface area contributed by atoms with E-state index in [1.54, 1.807) is 0 Å². The summed E-state index contributed by atoms with van der Waals surface area (Å²) in [5, 5.41) is 12.7. The molecule has 0 rings (SSSR count). The van der Waals surface area contributed by atoms with Gasteiger partial charge >= 0.3 is 0 Å². The fraction of sp³-hybridized carbons (Fsp3) is 1.00. The van der Waals surface area contributed by atoms with Gasteiger partial charge in [-0.3, -0.25) is 0 Å². The number of aliphatic hydroxyl groups is 1. The maximum Gasteiger partial charge on any atom is 0.0701 e. The lowest BCUT2D eigenvalue weighted by Gasteiger charge is -2.15. The maximum absolute atomic E-state index is 9.57. The summed E-state index contributed by atoms with van der Waals surface area (Å²) in [7, 11) is 0. The zero-order chi connectivity index (χ0) is 15.1. The molecule has 1 atom stereocenters. The number of unbranched alkanes of at least 4 members (excludes halogenated alkanes) is 1. The highest BCUT2D eigenvalue weighted by Crippen LogP contribution is 1.98. The standard InChI is InChI=1S/C15H33NO4/c1-4-5-7-18-9-11-20-12-10-19-8-6-16-13-15(17)14(2)3/h14-17H,4-13H2,1-3H3. The molecule has 2 N–H and O–H groups in total. The van der Waals surface area contributed by atoms with Crippen LogP contribution in [0.15, 0.2) is 0 Å². The minimum Gasteiger partial charge on any atom is -0.392 e. The smallest absolute Gasteiger partial charge is 0.0701 e. The van der Waals surface area contributed by atoms with Crippen molar-refractivity contribution < 1.29 is 19.3 Å². The summed E-state index contributed by atoms with van der Waals surface area (Å²) in [6.07, 6.45) is 1.99. The lowest BCUT2D eigenvalue weighted by Crippen LogP contribution is -2.32. The summed E-state index contributed by atoms with van der Waals surface area (Å²) >= 11 is 0. The van der Waals surface area contributed by atoms with Crippen LogP contribution in [0, 0.1) is 5.92 Å². The molecule has 0 amide bonds. The fourth-order valence-corrected chi connectivity index (χ4v) is 1.42. The van der Waals surface area contributed by atoms with Crippen LogP contribution in [0.25, 0.3) is 0 Å². The summed E-state index contributed by atoms with van der Waals surface area (Å²) in [5.41, 5.74) is 0.